The summed E-state index contributed by atoms with van der Waals surface area (Å²) in [6.45, 7) is 2.48. The molecular weight excluding hydrogens is 310 g/mol. The van der Waals surface area contributed by atoms with Gasteiger partial charge in [0, 0.05) is 4.47 Å². The molecule has 0 amide bonds. The van der Waals surface area contributed by atoms with Gasteiger partial charge < -0.3 is 9.84 Å². The molecule has 1 N–H and O–H groups in total. The lowest BCUT2D eigenvalue weighted by molar-refractivity contribution is 0.168. The number of nitrogens with zero attached hydrogens (tertiary/aromatic N) is 3. The van der Waals surface area contributed by atoms with Crippen LogP contribution in [0, 0.1) is 0 Å². The first-order chi connectivity index (χ1) is 9.13. The summed E-state index contributed by atoms with van der Waals surface area (Å²) in [6.07, 6.45) is 1.84. The minimum atomic E-state index is -0.553. The van der Waals surface area contributed by atoms with Crippen LogP contribution in [0.5, 0.6) is 5.75 Å². The van der Waals surface area contributed by atoms with Gasteiger partial charge in [0.05, 0.1) is 26.0 Å². The lowest BCUT2D eigenvalue weighted by Crippen LogP contribution is -2.01. The Morgan fingerprint density at radius 1 is 1.47 bits per heavy atom. The fourth-order valence-corrected chi connectivity index (χ4v) is 2.10. The third-order valence-corrected chi connectivity index (χ3v) is 3.64. The summed E-state index contributed by atoms with van der Waals surface area (Å²) < 4.78 is 7.89. The van der Waals surface area contributed by atoms with E-state index in [0.29, 0.717) is 18.7 Å². The third kappa shape index (κ3) is 3.33. The molecule has 0 aliphatic heterocycles. The number of halogens is 1. The summed E-state index contributed by atoms with van der Waals surface area (Å²) in [5, 5.41) is 17.7. The summed E-state index contributed by atoms with van der Waals surface area (Å²) in [7, 11) is 1.64. The number of hydrogen-bond donors (Lipinski definition) is 1. The Labute approximate surface area is 120 Å². The Hall–Kier alpha value is -1.40. The summed E-state index contributed by atoms with van der Waals surface area (Å²) in [5.74, 6) is 0.798. The van der Waals surface area contributed by atoms with Gasteiger partial charge in [-0.1, -0.05) is 28.1 Å². The molecule has 0 aliphatic carbocycles. The Bertz CT molecular complexity index is 557. The number of aliphatic hydroxyl groups is 1. The molecule has 1 atom stereocenters. The molecule has 6 heteroatoms. The molecule has 0 saturated heterocycles. The SMILES string of the molecule is CCC(O)c1cn(Cc2cc(OC)ccc2Br)nn1. The zero-order chi connectivity index (χ0) is 13.8. The summed E-state index contributed by atoms with van der Waals surface area (Å²) in [4.78, 5) is 0. The molecule has 0 fully saturated rings. The summed E-state index contributed by atoms with van der Waals surface area (Å²) in [6, 6.07) is 5.77. The van der Waals surface area contributed by atoms with E-state index in [1.807, 2.05) is 25.1 Å². The van der Waals surface area contributed by atoms with Crippen LogP contribution in [0.1, 0.15) is 30.7 Å². The van der Waals surface area contributed by atoms with Crippen molar-refractivity contribution in [3.8, 4) is 5.75 Å². The van der Waals surface area contributed by atoms with Crippen molar-refractivity contribution in [1.29, 1.82) is 0 Å². The molecule has 1 aromatic heterocycles. The zero-order valence-electron chi connectivity index (χ0n) is 10.9. The normalized spacial score (nSPS) is 12.4. The molecule has 2 aromatic rings. The fourth-order valence-electron chi connectivity index (χ4n) is 1.73. The first-order valence-corrected chi connectivity index (χ1v) is 6.83. The molecule has 1 unspecified atom stereocenters. The second-order valence-corrected chi connectivity index (χ2v) is 5.08. The molecule has 2 rings (SSSR count). The average Bonchev–Trinajstić information content (AvgIpc) is 2.89. The Balaban J connectivity index is 2.19. The maximum Gasteiger partial charge on any atom is 0.119 e. The highest BCUT2D eigenvalue weighted by Crippen LogP contribution is 2.23. The van der Waals surface area contributed by atoms with Crippen LogP contribution in [-0.2, 0) is 6.54 Å². The van der Waals surface area contributed by atoms with Gasteiger partial charge in [-0.2, -0.15) is 0 Å². The van der Waals surface area contributed by atoms with Crippen molar-refractivity contribution in [3.05, 3.63) is 40.1 Å². The van der Waals surface area contributed by atoms with Gasteiger partial charge in [0.2, 0.25) is 0 Å². The third-order valence-electron chi connectivity index (χ3n) is 2.87. The van der Waals surface area contributed by atoms with E-state index in [1.165, 1.54) is 0 Å². The van der Waals surface area contributed by atoms with Crippen LogP contribution < -0.4 is 4.74 Å². The number of rotatable bonds is 5. The quantitative estimate of drug-likeness (QED) is 0.917. The van der Waals surface area contributed by atoms with Gasteiger partial charge in [0.1, 0.15) is 11.4 Å². The largest absolute Gasteiger partial charge is 0.497 e. The predicted molar refractivity (Wildman–Crippen MR) is 75.1 cm³/mol. The Morgan fingerprint density at radius 2 is 2.26 bits per heavy atom. The number of aliphatic hydroxyl groups excluding tert-OH is 1. The monoisotopic (exact) mass is 325 g/mol. The molecule has 102 valence electrons. The van der Waals surface area contributed by atoms with E-state index >= 15 is 0 Å². The van der Waals surface area contributed by atoms with Crippen molar-refractivity contribution in [2.45, 2.75) is 26.0 Å². The van der Waals surface area contributed by atoms with Gasteiger partial charge in [-0.3, -0.25) is 0 Å². The van der Waals surface area contributed by atoms with Crippen LogP contribution in [0.25, 0.3) is 0 Å². The van der Waals surface area contributed by atoms with E-state index in [9.17, 15) is 5.11 Å². The van der Waals surface area contributed by atoms with Gasteiger partial charge in [-0.05, 0) is 30.2 Å². The lowest BCUT2D eigenvalue weighted by Gasteiger charge is -2.07. The average molecular weight is 326 g/mol. The van der Waals surface area contributed by atoms with Crippen molar-refractivity contribution in [1.82, 2.24) is 15.0 Å². The van der Waals surface area contributed by atoms with E-state index in [2.05, 4.69) is 26.2 Å². The van der Waals surface area contributed by atoms with Crippen LogP contribution in [0.3, 0.4) is 0 Å². The predicted octanol–water partition coefficient (Wildman–Crippen LogP) is 2.54. The van der Waals surface area contributed by atoms with Crippen LogP contribution in [-0.4, -0.2) is 27.2 Å². The molecule has 19 heavy (non-hydrogen) atoms. The van der Waals surface area contributed by atoms with Gasteiger partial charge in [0.25, 0.3) is 0 Å². The molecule has 1 heterocycles. The fraction of sp³-hybridized carbons (Fsp3) is 0.385. The second-order valence-electron chi connectivity index (χ2n) is 4.22. The highest BCUT2D eigenvalue weighted by Gasteiger charge is 2.10. The highest BCUT2D eigenvalue weighted by molar-refractivity contribution is 9.10. The van der Waals surface area contributed by atoms with E-state index < -0.39 is 6.10 Å². The molecular formula is C13H16BrN3O2. The minimum Gasteiger partial charge on any atom is -0.497 e. The zero-order valence-corrected chi connectivity index (χ0v) is 12.5. The van der Waals surface area contributed by atoms with Crippen molar-refractivity contribution >= 4 is 15.9 Å². The van der Waals surface area contributed by atoms with E-state index in [4.69, 9.17) is 4.74 Å². The van der Waals surface area contributed by atoms with Crippen molar-refractivity contribution in [2.24, 2.45) is 0 Å². The van der Waals surface area contributed by atoms with Gasteiger partial charge in [-0.15, -0.1) is 5.10 Å². The molecule has 0 bridgehead atoms. The number of hydrogen-bond acceptors (Lipinski definition) is 4. The first kappa shape index (κ1) is 14.0. The maximum absolute atomic E-state index is 9.70. The highest BCUT2D eigenvalue weighted by atomic mass is 79.9. The summed E-state index contributed by atoms with van der Waals surface area (Å²) >= 11 is 3.50. The van der Waals surface area contributed by atoms with Gasteiger partial charge in [-0.25, -0.2) is 4.68 Å². The van der Waals surface area contributed by atoms with Crippen LogP contribution in [0.15, 0.2) is 28.9 Å². The number of benzene rings is 1. The van der Waals surface area contributed by atoms with Gasteiger partial charge >= 0.3 is 0 Å². The minimum absolute atomic E-state index is 0.553. The molecule has 0 aliphatic rings. The first-order valence-electron chi connectivity index (χ1n) is 6.04. The van der Waals surface area contributed by atoms with E-state index in [0.717, 1.165) is 15.8 Å². The standard InChI is InChI=1S/C13H16BrN3O2/c1-3-13(18)12-8-17(16-15-12)7-9-6-10(19-2)4-5-11(9)14/h4-6,8,13,18H,3,7H2,1-2H3. The Morgan fingerprint density at radius 3 is 2.95 bits per heavy atom. The number of ether oxygens (including phenoxy) is 1. The van der Waals surface area contributed by atoms with E-state index in [1.54, 1.807) is 18.0 Å². The number of aromatic nitrogens is 3. The van der Waals surface area contributed by atoms with Crippen molar-refractivity contribution in [3.63, 3.8) is 0 Å². The summed E-state index contributed by atoms with van der Waals surface area (Å²) in [5.41, 5.74) is 1.64. The van der Waals surface area contributed by atoms with Crippen LogP contribution in [0.4, 0.5) is 0 Å². The van der Waals surface area contributed by atoms with E-state index in [-0.39, 0.29) is 0 Å². The topological polar surface area (TPSA) is 60.2 Å². The van der Waals surface area contributed by atoms with Crippen molar-refractivity contribution in [2.75, 3.05) is 7.11 Å². The molecule has 0 radical (unpaired) electrons. The van der Waals surface area contributed by atoms with Crippen LogP contribution in [0.2, 0.25) is 0 Å². The van der Waals surface area contributed by atoms with Gasteiger partial charge in [0.15, 0.2) is 0 Å². The molecule has 5 nitrogen and oxygen atoms in total. The molecule has 0 saturated carbocycles. The van der Waals surface area contributed by atoms with Crippen LogP contribution >= 0.6 is 15.9 Å². The second kappa shape index (κ2) is 6.16. The Kier molecular flexibility index (Phi) is 4.55. The smallest absolute Gasteiger partial charge is 0.119 e. The number of methoxy groups -OCH3 is 1. The van der Waals surface area contributed by atoms with Crippen molar-refractivity contribution < 1.29 is 9.84 Å². The maximum atomic E-state index is 9.70. The lowest BCUT2D eigenvalue weighted by atomic mass is 10.2. The molecule has 0 spiro atoms. The molecule has 1 aromatic carbocycles.